The molecule has 0 aromatic carbocycles. The fourth-order valence-electron chi connectivity index (χ4n) is 3.60. The maximum atomic E-state index is 4.61. The van der Waals surface area contributed by atoms with Gasteiger partial charge in [-0.2, -0.15) is 0 Å². The molecule has 0 unspecified atom stereocenters. The van der Waals surface area contributed by atoms with E-state index in [9.17, 15) is 0 Å². The predicted molar refractivity (Wildman–Crippen MR) is 96.6 cm³/mol. The van der Waals surface area contributed by atoms with Crippen molar-refractivity contribution in [2.24, 2.45) is 5.92 Å². The van der Waals surface area contributed by atoms with Crippen LogP contribution in [0.4, 0.5) is 0 Å². The van der Waals surface area contributed by atoms with E-state index in [0.29, 0.717) is 11.7 Å². The molecule has 3 rings (SSSR count). The molecule has 24 heavy (non-hydrogen) atoms. The minimum Gasteiger partial charge on any atom is -0.240 e. The molecule has 1 aliphatic carbocycles. The van der Waals surface area contributed by atoms with Gasteiger partial charge in [0, 0.05) is 30.7 Å². The fraction of sp³-hybridized carbons (Fsp3) is 0.600. The lowest BCUT2D eigenvalue weighted by Crippen LogP contribution is -2.15. The quantitative estimate of drug-likeness (QED) is 0.694. The third-order valence-electron chi connectivity index (χ3n) is 5.14. The molecule has 0 N–H and O–H groups in total. The normalized spacial score (nSPS) is 20.9. The van der Waals surface area contributed by atoms with Crippen LogP contribution in [0, 0.1) is 12.8 Å². The highest BCUT2D eigenvalue weighted by molar-refractivity contribution is 5.51. The summed E-state index contributed by atoms with van der Waals surface area (Å²) < 4.78 is 0. The Bertz CT molecular complexity index is 613. The first-order valence-electron chi connectivity index (χ1n) is 9.37. The minimum absolute atomic E-state index is 0.528. The molecule has 4 nitrogen and oxygen atoms in total. The molecule has 0 spiro atoms. The van der Waals surface area contributed by atoms with Crippen molar-refractivity contribution in [2.45, 2.75) is 71.1 Å². The minimum atomic E-state index is 0.528. The van der Waals surface area contributed by atoms with Gasteiger partial charge in [0.2, 0.25) is 0 Å². The number of hydrogen-bond acceptors (Lipinski definition) is 4. The summed E-state index contributed by atoms with van der Waals surface area (Å²) in [5.41, 5.74) is 1.96. The number of hydrogen-bond donors (Lipinski definition) is 0. The van der Waals surface area contributed by atoms with Crippen molar-refractivity contribution < 1.29 is 0 Å². The average molecular weight is 324 g/mol. The molecular formula is C20H28N4. The van der Waals surface area contributed by atoms with Gasteiger partial charge >= 0.3 is 0 Å². The molecular weight excluding hydrogens is 296 g/mol. The zero-order chi connectivity index (χ0) is 16.8. The van der Waals surface area contributed by atoms with E-state index in [2.05, 4.69) is 26.9 Å². The lowest BCUT2D eigenvalue weighted by atomic mass is 9.79. The Morgan fingerprint density at radius 1 is 0.875 bits per heavy atom. The molecule has 2 aromatic rings. The first-order valence-corrected chi connectivity index (χ1v) is 9.37. The Labute approximate surface area is 145 Å². The molecule has 0 radical (unpaired) electrons. The molecule has 0 aliphatic heterocycles. The Hall–Kier alpha value is -1.84. The topological polar surface area (TPSA) is 51.6 Å². The summed E-state index contributed by atoms with van der Waals surface area (Å²) in [7, 11) is 0. The number of unbranched alkanes of at least 4 members (excludes halogenated alkanes) is 2. The summed E-state index contributed by atoms with van der Waals surface area (Å²) in [6.07, 6.45) is 18.0. The molecule has 0 atom stereocenters. The molecule has 1 saturated carbocycles. The second kappa shape index (κ2) is 8.32. The van der Waals surface area contributed by atoms with E-state index in [4.69, 9.17) is 0 Å². The Morgan fingerprint density at radius 3 is 2.17 bits per heavy atom. The van der Waals surface area contributed by atoms with Crippen molar-refractivity contribution >= 4 is 0 Å². The van der Waals surface area contributed by atoms with Crippen molar-refractivity contribution in [3.05, 3.63) is 36.2 Å². The summed E-state index contributed by atoms with van der Waals surface area (Å²) in [6.45, 7) is 4.27. The molecule has 0 saturated heterocycles. The van der Waals surface area contributed by atoms with Crippen LogP contribution >= 0.6 is 0 Å². The van der Waals surface area contributed by atoms with Crippen LogP contribution in [-0.4, -0.2) is 19.9 Å². The lowest BCUT2D eigenvalue weighted by Gasteiger charge is -2.27. The Kier molecular flexibility index (Phi) is 5.89. The number of nitrogens with zero attached hydrogens (tertiary/aromatic N) is 4. The van der Waals surface area contributed by atoms with Gasteiger partial charge in [-0.3, -0.25) is 0 Å². The number of aromatic nitrogens is 4. The van der Waals surface area contributed by atoms with E-state index in [1.165, 1.54) is 51.4 Å². The van der Waals surface area contributed by atoms with Crippen LogP contribution in [0.3, 0.4) is 0 Å². The van der Waals surface area contributed by atoms with Crippen molar-refractivity contribution in [1.82, 2.24) is 19.9 Å². The molecule has 128 valence electrons. The van der Waals surface area contributed by atoms with Gasteiger partial charge < -0.3 is 0 Å². The van der Waals surface area contributed by atoms with Crippen molar-refractivity contribution in [3.8, 4) is 11.4 Å². The molecule has 1 aliphatic rings. The monoisotopic (exact) mass is 324 g/mol. The molecule has 2 heterocycles. The number of rotatable bonds is 6. The van der Waals surface area contributed by atoms with Crippen molar-refractivity contribution in [2.75, 3.05) is 0 Å². The van der Waals surface area contributed by atoms with Gasteiger partial charge in [0.05, 0.1) is 5.56 Å². The summed E-state index contributed by atoms with van der Waals surface area (Å²) in [5.74, 6) is 3.15. The first kappa shape index (κ1) is 17.0. The largest absolute Gasteiger partial charge is 0.240 e. The standard InChI is InChI=1S/C20H28N4/c1-3-4-5-6-16-7-9-17(10-8-16)19-23-13-18(14-24-19)20-21-11-15(2)12-22-20/h11-14,16-17H,3-10H2,1-2H3. The molecule has 0 bridgehead atoms. The zero-order valence-electron chi connectivity index (χ0n) is 14.9. The van der Waals surface area contributed by atoms with Crippen molar-refractivity contribution in [1.29, 1.82) is 0 Å². The molecule has 4 heteroatoms. The highest BCUT2D eigenvalue weighted by atomic mass is 14.9. The third kappa shape index (κ3) is 4.37. The average Bonchev–Trinajstić information content (AvgIpc) is 2.63. The number of aryl methyl sites for hydroxylation is 1. The predicted octanol–water partition coefficient (Wildman–Crippen LogP) is 5.10. The van der Waals surface area contributed by atoms with E-state index >= 15 is 0 Å². The van der Waals surface area contributed by atoms with Crippen LogP contribution < -0.4 is 0 Å². The Balaban J connectivity index is 1.56. The van der Waals surface area contributed by atoms with Gasteiger partial charge in [0.1, 0.15) is 5.82 Å². The van der Waals surface area contributed by atoms with Crippen molar-refractivity contribution in [3.63, 3.8) is 0 Å². The summed E-state index contributed by atoms with van der Waals surface area (Å²) in [6, 6.07) is 0. The van der Waals surface area contributed by atoms with Gasteiger partial charge in [-0.05, 0) is 44.1 Å². The highest BCUT2D eigenvalue weighted by Crippen LogP contribution is 2.36. The van der Waals surface area contributed by atoms with Crippen LogP contribution in [-0.2, 0) is 0 Å². The molecule has 1 fully saturated rings. The summed E-state index contributed by atoms with van der Waals surface area (Å²) >= 11 is 0. The smallest absolute Gasteiger partial charge is 0.162 e. The summed E-state index contributed by atoms with van der Waals surface area (Å²) in [4.78, 5) is 17.9. The van der Waals surface area contributed by atoms with E-state index in [0.717, 1.165) is 22.9 Å². The maximum absolute atomic E-state index is 4.61. The highest BCUT2D eigenvalue weighted by Gasteiger charge is 2.23. The molecule has 2 aromatic heterocycles. The molecule has 0 amide bonds. The van der Waals surface area contributed by atoms with Gasteiger partial charge in [-0.15, -0.1) is 0 Å². The maximum Gasteiger partial charge on any atom is 0.162 e. The summed E-state index contributed by atoms with van der Waals surface area (Å²) in [5, 5.41) is 0. The van der Waals surface area contributed by atoms with Gasteiger partial charge in [-0.1, -0.05) is 32.6 Å². The van der Waals surface area contributed by atoms with E-state index in [1.807, 2.05) is 31.7 Å². The SMILES string of the molecule is CCCCCC1CCC(c2ncc(-c3ncc(C)cn3)cn2)CC1. The second-order valence-electron chi connectivity index (χ2n) is 7.13. The van der Waals surface area contributed by atoms with E-state index in [-0.39, 0.29) is 0 Å². The first-order chi connectivity index (χ1) is 11.8. The third-order valence-corrected chi connectivity index (χ3v) is 5.14. The fourth-order valence-corrected chi connectivity index (χ4v) is 3.60. The van der Waals surface area contributed by atoms with Gasteiger partial charge in [-0.25, -0.2) is 19.9 Å². The zero-order valence-corrected chi connectivity index (χ0v) is 14.9. The van der Waals surface area contributed by atoms with Crippen LogP contribution in [0.2, 0.25) is 0 Å². The second-order valence-corrected chi connectivity index (χ2v) is 7.13. The lowest BCUT2D eigenvalue weighted by molar-refractivity contribution is 0.297. The van der Waals surface area contributed by atoms with Crippen LogP contribution in [0.25, 0.3) is 11.4 Å². The van der Waals surface area contributed by atoms with E-state index < -0.39 is 0 Å². The van der Waals surface area contributed by atoms with Crippen LogP contribution in [0.5, 0.6) is 0 Å². The van der Waals surface area contributed by atoms with Crippen LogP contribution in [0.1, 0.15) is 75.6 Å². The van der Waals surface area contributed by atoms with E-state index in [1.54, 1.807) is 0 Å². The van der Waals surface area contributed by atoms with Gasteiger partial charge in [0.25, 0.3) is 0 Å². The van der Waals surface area contributed by atoms with Gasteiger partial charge in [0.15, 0.2) is 5.82 Å². The Morgan fingerprint density at radius 2 is 1.54 bits per heavy atom. The van der Waals surface area contributed by atoms with Crippen LogP contribution in [0.15, 0.2) is 24.8 Å².